The SMILES string of the molecule is CCC(CC)C(O)C(=O)C1CCCC(S(C)(=O)=O)C1. The van der Waals surface area contributed by atoms with Crippen molar-refractivity contribution >= 4 is 15.6 Å². The molecule has 0 heterocycles. The zero-order chi connectivity index (χ0) is 14.6. The first-order valence-corrected chi connectivity index (χ1v) is 9.17. The largest absolute Gasteiger partial charge is 0.385 e. The van der Waals surface area contributed by atoms with Crippen LogP contribution in [0, 0.1) is 11.8 Å². The molecule has 1 aliphatic rings. The highest BCUT2D eigenvalue weighted by molar-refractivity contribution is 7.91. The molecule has 1 rings (SSSR count). The van der Waals surface area contributed by atoms with Crippen LogP contribution in [0.2, 0.25) is 0 Å². The van der Waals surface area contributed by atoms with Crippen LogP contribution in [0.4, 0.5) is 0 Å². The highest BCUT2D eigenvalue weighted by atomic mass is 32.2. The Bertz CT molecular complexity index is 398. The fraction of sp³-hybridized carbons (Fsp3) is 0.929. The van der Waals surface area contributed by atoms with Crippen molar-refractivity contribution in [2.24, 2.45) is 11.8 Å². The summed E-state index contributed by atoms with van der Waals surface area (Å²) in [5, 5.41) is 9.71. The quantitative estimate of drug-likeness (QED) is 0.811. The lowest BCUT2D eigenvalue weighted by Crippen LogP contribution is -2.38. The molecule has 5 heteroatoms. The Morgan fingerprint density at radius 1 is 1.26 bits per heavy atom. The minimum Gasteiger partial charge on any atom is -0.385 e. The van der Waals surface area contributed by atoms with Gasteiger partial charge in [0.15, 0.2) is 5.78 Å². The third-order valence-corrected chi connectivity index (χ3v) is 6.06. The van der Waals surface area contributed by atoms with E-state index in [0.717, 1.165) is 19.3 Å². The first kappa shape index (κ1) is 16.6. The Kier molecular flexibility index (Phi) is 5.99. The summed E-state index contributed by atoms with van der Waals surface area (Å²) in [6.07, 6.45) is 4.34. The van der Waals surface area contributed by atoms with Gasteiger partial charge in [0.05, 0.1) is 5.25 Å². The van der Waals surface area contributed by atoms with Crippen LogP contribution in [0.5, 0.6) is 0 Å². The maximum absolute atomic E-state index is 12.3. The number of rotatable bonds is 6. The van der Waals surface area contributed by atoms with Gasteiger partial charge in [-0.05, 0) is 25.2 Å². The molecule has 4 nitrogen and oxygen atoms in total. The maximum atomic E-state index is 12.3. The molecule has 112 valence electrons. The van der Waals surface area contributed by atoms with Crippen LogP contribution in [0.15, 0.2) is 0 Å². The van der Waals surface area contributed by atoms with Gasteiger partial charge in [-0.2, -0.15) is 0 Å². The van der Waals surface area contributed by atoms with Gasteiger partial charge in [0.2, 0.25) is 0 Å². The van der Waals surface area contributed by atoms with Crippen LogP contribution >= 0.6 is 0 Å². The van der Waals surface area contributed by atoms with E-state index in [0.29, 0.717) is 19.3 Å². The Morgan fingerprint density at radius 3 is 2.32 bits per heavy atom. The molecule has 1 saturated carbocycles. The van der Waals surface area contributed by atoms with Crippen molar-refractivity contribution in [2.75, 3.05) is 6.26 Å². The van der Waals surface area contributed by atoms with E-state index in [9.17, 15) is 18.3 Å². The summed E-state index contributed by atoms with van der Waals surface area (Å²) in [6.45, 7) is 3.93. The smallest absolute Gasteiger partial charge is 0.164 e. The Balaban J connectivity index is 2.72. The van der Waals surface area contributed by atoms with Crippen molar-refractivity contribution in [3.8, 4) is 0 Å². The Labute approximate surface area is 116 Å². The third-order valence-electron chi connectivity index (χ3n) is 4.42. The van der Waals surface area contributed by atoms with Crippen molar-refractivity contribution in [1.29, 1.82) is 0 Å². The molecule has 0 saturated heterocycles. The lowest BCUT2D eigenvalue weighted by molar-refractivity contribution is -0.135. The fourth-order valence-corrected chi connectivity index (χ4v) is 4.18. The molecule has 0 aromatic rings. The standard InChI is InChI=1S/C14H26O4S/c1-4-10(5-2)13(15)14(16)11-7-6-8-12(9-11)19(3,17)18/h10-13,15H,4-9H2,1-3H3. The van der Waals surface area contributed by atoms with Gasteiger partial charge < -0.3 is 5.11 Å². The molecule has 1 aliphatic carbocycles. The van der Waals surface area contributed by atoms with E-state index in [2.05, 4.69) is 0 Å². The predicted octanol–water partition coefficient (Wildman–Crippen LogP) is 1.96. The van der Waals surface area contributed by atoms with Crippen molar-refractivity contribution in [3.05, 3.63) is 0 Å². The number of hydrogen-bond acceptors (Lipinski definition) is 4. The molecule has 0 spiro atoms. The van der Waals surface area contributed by atoms with Crippen LogP contribution in [-0.4, -0.2) is 36.9 Å². The number of aliphatic hydroxyl groups is 1. The molecule has 0 radical (unpaired) electrons. The van der Waals surface area contributed by atoms with E-state index in [4.69, 9.17) is 0 Å². The topological polar surface area (TPSA) is 71.4 Å². The summed E-state index contributed by atoms with van der Waals surface area (Å²) in [4.78, 5) is 12.3. The van der Waals surface area contributed by atoms with Crippen LogP contribution in [0.3, 0.4) is 0 Å². The molecule has 0 bridgehead atoms. The summed E-state index contributed by atoms with van der Waals surface area (Å²) in [5.74, 6) is -0.447. The van der Waals surface area contributed by atoms with Gasteiger partial charge in [-0.25, -0.2) is 8.42 Å². The molecule has 1 fully saturated rings. The van der Waals surface area contributed by atoms with Gasteiger partial charge in [-0.3, -0.25) is 4.79 Å². The van der Waals surface area contributed by atoms with E-state index in [1.54, 1.807) is 0 Å². The lowest BCUT2D eigenvalue weighted by Gasteiger charge is -2.30. The van der Waals surface area contributed by atoms with Crippen molar-refractivity contribution in [3.63, 3.8) is 0 Å². The highest BCUT2D eigenvalue weighted by Gasteiger charge is 2.36. The van der Waals surface area contributed by atoms with Gasteiger partial charge in [0.25, 0.3) is 0 Å². The number of ketones is 1. The van der Waals surface area contributed by atoms with Crippen LogP contribution < -0.4 is 0 Å². The van der Waals surface area contributed by atoms with Crippen LogP contribution in [-0.2, 0) is 14.6 Å². The Hall–Kier alpha value is -0.420. The lowest BCUT2D eigenvalue weighted by atomic mass is 9.80. The van der Waals surface area contributed by atoms with Gasteiger partial charge in [-0.15, -0.1) is 0 Å². The summed E-state index contributed by atoms with van der Waals surface area (Å²) in [6, 6.07) is 0. The van der Waals surface area contributed by atoms with Gasteiger partial charge in [-0.1, -0.05) is 33.1 Å². The summed E-state index contributed by atoms with van der Waals surface area (Å²) in [5.41, 5.74) is 0. The van der Waals surface area contributed by atoms with Crippen molar-refractivity contribution in [2.45, 2.75) is 63.7 Å². The molecule has 0 aliphatic heterocycles. The molecule has 3 unspecified atom stereocenters. The number of aliphatic hydroxyl groups excluding tert-OH is 1. The van der Waals surface area contributed by atoms with Crippen LogP contribution in [0.25, 0.3) is 0 Å². The zero-order valence-corrected chi connectivity index (χ0v) is 12.9. The molecule has 19 heavy (non-hydrogen) atoms. The average molecular weight is 290 g/mol. The maximum Gasteiger partial charge on any atom is 0.164 e. The first-order valence-electron chi connectivity index (χ1n) is 7.21. The first-order chi connectivity index (χ1) is 8.81. The number of carbonyl (C=O) groups is 1. The van der Waals surface area contributed by atoms with Gasteiger partial charge in [0.1, 0.15) is 15.9 Å². The second-order valence-corrected chi connectivity index (χ2v) is 8.06. The van der Waals surface area contributed by atoms with E-state index in [1.807, 2.05) is 13.8 Å². The summed E-state index contributed by atoms with van der Waals surface area (Å²) < 4.78 is 23.2. The van der Waals surface area contributed by atoms with E-state index in [-0.39, 0.29) is 17.6 Å². The third kappa shape index (κ3) is 4.28. The number of hydrogen-bond donors (Lipinski definition) is 1. The molecule has 0 amide bonds. The fourth-order valence-electron chi connectivity index (χ4n) is 3.00. The van der Waals surface area contributed by atoms with Gasteiger partial charge in [0, 0.05) is 12.2 Å². The van der Waals surface area contributed by atoms with Crippen molar-refractivity contribution < 1.29 is 18.3 Å². The Morgan fingerprint density at radius 2 is 1.84 bits per heavy atom. The average Bonchev–Trinajstić information content (AvgIpc) is 2.38. The van der Waals surface area contributed by atoms with Crippen LogP contribution in [0.1, 0.15) is 52.4 Å². The molecule has 0 aromatic carbocycles. The minimum atomic E-state index is -3.08. The van der Waals surface area contributed by atoms with E-state index < -0.39 is 21.2 Å². The summed E-state index contributed by atoms with van der Waals surface area (Å²) >= 11 is 0. The second kappa shape index (κ2) is 6.84. The minimum absolute atomic E-state index is 0.00823. The molecular weight excluding hydrogens is 264 g/mol. The molecule has 0 aromatic heterocycles. The van der Waals surface area contributed by atoms with E-state index >= 15 is 0 Å². The number of Topliss-reactive ketones (excluding diaryl/α,β-unsaturated/α-hetero) is 1. The predicted molar refractivity (Wildman–Crippen MR) is 75.7 cm³/mol. The highest BCUT2D eigenvalue weighted by Crippen LogP contribution is 2.31. The molecule has 3 atom stereocenters. The molecular formula is C14H26O4S. The second-order valence-electron chi connectivity index (χ2n) is 5.74. The number of sulfone groups is 1. The zero-order valence-electron chi connectivity index (χ0n) is 12.1. The van der Waals surface area contributed by atoms with Crippen molar-refractivity contribution in [1.82, 2.24) is 0 Å². The monoisotopic (exact) mass is 290 g/mol. The number of carbonyl (C=O) groups excluding carboxylic acids is 1. The van der Waals surface area contributed by atoms with Gasteiger partial charge >= 0.3 is 0 Å². The molecule has 1 N–H and O–H groups in total. The van der Waals surface area contributed by atoms with E-state index in [1.165, 1.54) is 6.26 Å². The normalized spacial score (nSPS) is 26.4. The summed E-state index contributed by atoms with van der Waals surface area (Å²) in [7, 11) is -3.08.